The first-order valence-corrected chi connectivity index (χ1v) is 4.29. The second kappa shape index (κ2) is 10.7. The van der Waals surface area contributed by atoms with Crippen molar-refractivity contribution in [2.24, 2.45) is 0 Å². The Bertz CT molecular complexity index is 102. The van der Waals surface area contributed by atoms with Crippen molar-refractivity contribution in [1.82, 2.24) is 4.90 Å². The van der Waals surface area contributed by atoms with Gasteiger partial charge in [-0.3, -0.25) is 4.90 Å². The zero-order valence-electron chi connectivity index (χ0n) is 7.96. The maximum absolute atomic E-state index is 3.71. The number of nitrogens with zero attached hydrogens (tertiary/aromatic N) is 1. The number of hydrogen-bond acceptors (Lipinski definition) is 1. The highest BCUT2D eigenvalue weighted by Gasteiger charge is 1.97. The van der Waals surface area contributed by atoms with E-state index in [1.165, 1.54) is 12.8 Å². The highest BCUT2D eigenvalue weighted by molar-refractivity contribution is 5.85. The van der Waals surface area contributed by atoms with Crippen LogP contribution >= 0.6 is 12.4 Å². The Kier molecular flexibility index (Phi) is 12.8. The van der Waals surface area contributed by atoms with Gasteiger partial charge in [0.2, 0.25) is 0 Å². The van der Waals surface area contributed by atoms with Crippen molar-refractivity contribution in [3.63, 3.8) is 0 Å². The van der Waals surface area contributed by atoms with Gasteiger partial charge in [-0.1, -0.05) is 25.5 Å². The largest absolute Gasteiger partial charge is 0.296 e. The molecule has 0 N–H and O–H groups in total. The third-order valence-corrected chi connectivity index (χ3v) is 1.60. The molecule has 0 aliphatic rings. The second-order valence-electron chi connectivity index (χ2n) is 2.69. The first kappa shape index (κ1) is 14.3. The van der Waals surface area contributed by atoms with Crippen LogP contribution in [0.5, 0.6) is 0 Å². The van der Waals surface area contributed by atoms with Gasteiger partial charge in [-0.05, 0) is 13.0 Å². The van der Waals surface area contributed by atoms with E-state index < -0.39 is 0 Å². The average molecular weight is 190 g/mol. The molecule has 0 rings (SSSR count). The molecular weight excluding hydrogens is 170 g/mol. The quantitative estimate of drug-likeness (QED) is 0.557. The van der Waals surface area contributed by atoms with Gasteiger partial charge in [0.25, 0.3) is 0 Å². The van der Waals surface area contributed by atoms with Crippen molar-refractivity contribution in [1.29, 1.82) is 0 Å². The first-order valence-electron chi connectivity index (χ1n) is 4.29. The summed E-state index contributed by atoms with van der Waals surface area (Å²) < 4.78 is 0. The van der Waals surface area contributed by atoms with E-state index >= 15 is 0 Å². The maximum Gasteiger partial charge on any atom is 0.0163 e. The Balaban J connectivity index is 0. The van der Waals surface area contributed by atoms with Gasteiger partial charge in [-0.15, -0.1) is 25.6 Å². The lowest BCUT2D eigenvalue weighted by molar-refractivity contribution is 0.329. The summed E-state index contributed by atoms with van der Waals surface area (Å²) >= 11 is 0. The van der Waals surface area contributed by atoms with E-state index in [9.17, 15) is 0 Å². The molecule has 0 heterocycles. The van der Waals surface area contributed by atoms with Crippen LogP contribution in [0.3, 0.4) is 0 Å². The monoisotopic (exact) mass is 189 g/mol. The fourth-order valence-corrected chi connectivity index (χ4v) is 1.00. The maximum atomic E-state index is 3.71. The third kappa shape index (κ3) is 7.83. The van der Waals surface area contributed by atoms with E-state index in [0.29, 0.717) is 0 Å². The molecule has 0 aromatic carbocycles. The van der Waals surface area contributed by atoms with Crippen molar-refractivity contribution in [2.45, 2.75) is 19.8 Å². The number of unbranched alkanes of at least 4 members (excludes halogenated alkanes) is 1. The molecule has 0 bridgehead atoms. The average Bonchev–Trinajstić information content (AvgIpc) is 2.01. The summed E-state index contributed by atoms with van der Waals surface area (Å²) in [6.07, 6.45) is 6.41. The Hall–Kier alpha value is -0.270. The molecule has 0 aliphatic heterocycles. The molecule has 0 spiro atoms. The van der Waals surface area contributed by atoms with E-state index in [4.69, 9.17) is 0 Å². The lowest BCUT2D eigenvalue weighted by atomic mass is 10.3. The Morgan fingerprint density at radius 3 is 2.00 bits per heavy atom. The van der Waals surface area contributed by atoms with Crippen LogP contribution in [-0.4, -0.2) is 24.5 Å². The molecule has 0 aliphatic carbocycles. The van der Waals surface area contributed by atoms with E-state index in [-0.39, 0.29) is 12.4 Å². The summed E-state index contributed by atoms with van der Waals surface area (Å²) in [7, 11) is 0. The Morgan fingerprint density at radius 1 is 1.17 bits per heavy atom. The number of halogens is 1. The van der Waals surface area contributed by atoms with Crippen molar-refractivity contribution < 1.29 is 0 Å². The Labute approximate surface area is 82.6 Å². The van der Waals surface area contributed by atoms with Crippen LogP contribution in [-0.2, 0) is 0 Å². The zero-order valence-corrected chi connectivity index (χ0v) is 8.78. The van der Waals surface area contributed by atoms with Crippen LogP contribution in [0, 0.1) is 0 Å². The highest BCUT2D eigenvalue weighted by Crippen LogP contribution is 1.94. The smallest absolute Gasteiger partial charge is 0.0163 e. The summed E-state index contributed by atoms with van der Waals surface area (Å²) in [6, 6.07) is 0. The van der Waals surface area contributed by atoms with E-state index in [2.05, 4.69) is 25.0 Å². The molecule has 0 aromatic heterocycles. The number of hydrogen-bond donors (Lipinski definition) is 0. The molecule has 2 heteroatoms. The minimum absolute atomic E-state index is 0. The first-order chi connectivity index (χ1) is 5.35. The molecule has 0 fully saturated rings. The van der Waals surface area contributed by atoms with Crippen LogP contribution < -0.4 is 0 Å². The molecule has 0 radical (unpaired) electrons. The second-order valence-corrected chi connectivity index (χ2v) is 2.69. The lowest BCUT2D eigenvalue weighted by Gasteiger charge is -2.17. The normalized spacial score (nSPS) is 9.17. The molecular formula is C10H20ClN. The molecule has 72 valence electrons. The van der Waals surface area contributed by atoms with Gasteiger partial charge < -0.3 is 0 Å². The van der Waals surface area contributed by atoms with Crippen molar-refractivity contribution in [3.8, 4) is 0 Å². The molecule has 1 nitrogen and oxygen atoms in total. The number of rotatable bonds is 7. The zero-order chi connectivity index (χ0) is 8.53. The van der Waals surface area contributed by atoms with Crippen LogP contribution in [0.15, 0.2) is 25.3 Å². The van der Waals surface area contributed by atoms with Gasteiger partial charge in [0.1, 0.15) is 0 Å². The minimum Gasteiger partial charge on any atom is -0.296 e. The summed E-state index contributed by atoms with van der Waals surface area (Å²) in [5.74, 6) is 0. The molecule has 0 aromatic rings. The van der Waals surface area contributed by atoms with Gasteiger partial charge in [0, 0.05) is 13.1 Å². The Morgan fingerprint density at radius 2 is 1.67 bits per heavy atom. The van der Waals surface area contributed by atoms with E-state index in [1.54, 1.807) is 0 Å². The van der Waals surface area contributed by atoms with Crippen LogP contribution in [0.1, 0.15) is 19.8 Å². The standard InChI is InChI=1S/C10H19N.ClH/c1-4-7-10-11(8-5-2)9-6-3;/h5-6H,2-4,7-10H2,1H3;1H. The fourth-order valence-electron chi connectivity index (χ4n) is 1.00. The van der Waals surface area contributed by atoms with Crippen LogP contribution in [0.4, 0.5) is 0 Å². The van der Waals surface area contributed by atoms with Crippen molar-refractivity contribution in [2.75, 3.05) is 19.6 Å². The molecule has 12 heavy (non-hydrogen) atoms. The van der Waals surface area contributed by atoms with Crippen LogP contribution in [0.2, 0.25) is 0 Å². The van der Waals surface area contributed by atoms with E-state index in [1.807, 2.05) is 12.2 Å². The summed E-state index contributed by atoms with van der Waals surface area (Å²) in [5.41, 5.74) is 0. The minimum atomic E-state index is 0. The summed E-state index contributed by atoms with van der Waals surface area (Å²) in [5, 5.41) is 0. The van der Waals surface area contributed by atoms with Crippen molar-refractivity contribution >= 4 is 12.4 Å². The van der Waals surface area contributed by atoms with Crippen LogP contribution in [0.25, 0.3) is 0 Å². The van der Waals surface area contributed by atoms with Gasteiger partial charge in [-0.2, -0.15) is 0 Å². The highest BCUT2D eigenvalue weighted by atomic mass is 35.5. The molecule has 0 saturated carbocycles. The van der Waals surface area contributed by atoms with E-state index in [0.717, 1.165) is 19.6 Å². The van der Waals surface area contributed by atoms with Gasteiger partial charge >= 0.3 is 0 Å². The topological polar surface area (TPSA) is 3.24 Å². The summed E-state index contributed by atoms with van der Waals surface area (Å²) in [4.78, 5) is 2.34. The van der Waals surface area contributed by atoms with Gasteiger partial charge in [0.15, 0.2) is 0 Å². The lowest BCUT2D eigenvalue weighted by Crippen LogP contribution is -2.24. The SMILES string of the molecule is C=CCN(CC=C)CCCC.Cl. The predicted molar refractivity (Wildman–Crippen MR) is 59.0 cm³/mol. The van der Waals surface area contributed by atoms with Gasteiger partial charge in [0.05, 0.1) is 0 Å². The van der Waals surface area contributed by atoms with Crippen molar-refractivity contribution in [3.05, 3.63) is 25.3 Å². The third-order valence-electron chi connectivity index (χ3n) is 1.60. The fraction of sp³-hybridized carbons (Fsp3) is 0.600. The molecule has 0 atom stereocenters. The molecule has 0 amide bonds. The molecule has 0 saturated heterocycles. The predicted octanol–water partition coefficient (Wildman–Crippen LogP) is 2.88. The molecule has 0 unspecified atom stereocenters. The van der Waals surface area contributed by atoms with Gasteiger partial charge in [-0.25, -0.2) is 0 Å². The summed E-state index contributed by atoms with van der Waals surface area (Å²) in [6.45, 7) is 12.8.